The molecule has 31 heavy (non-hydrogen) atoms. The minimum absolute atomic E-state index is 0.0160. The Bertz CT molecular complexity index is 1020. The van der Waals surface area contributed by atoms with E-state index in [9.17, 15) is 19.2 Å². The van der Waals surface area contributed by atoms with Gasteiger partial charge in [-0.15, -0.1) is 0 Å². The normalized spacial score (nSPS) is 15.4. The van der Waals surface area contributed by atoms with Crippen molar-refractivity contribution in [1.82, 2.24) is 0 Å². The molecule has 9 nitrogen and oxygen atoms in total. The van der Waals surface area contributed by atoms with Gasteiger partial charge in [0.15, 0.2) is 0 Å². The summed E-state index contributed by atoms with van der Waals surface area (Å²) in [5.74, 6) is -1.91. The van der Waals surface area contributed by atoms with Crippen LogP contribution in [0.1, 0.15) is 27.1 Å². The molecule has 1 atom stereocenters. The van der Waals surface area contributed by atoms with Gasteiger partial charge in [0, 0.05) is 18.7 Å². The standard InChI is InChI=1S/C22H22N2O7/c1-29-16-7-5-15(6-8-16)24-12-14(11-19(24)25)20(26)23-18-10-13(21(27)30-2)4-9-17(18)22(28)31-3/h4-10,14H,11-12H2,1-3H3,(H,23,26)/t14-/m1/s1. The number of rotatable bonds is 6. The predicted octanol–water partition coefficient (Wildman–Crippen LogP) is 2.26. The van der Waals surface area contributed by atoms with Crippen molar-refractivity contribution in [3.05, 3.63) is 53.6 Å². The third-order valence-electron chi connectivity index (χ3n) is 4.98. The number of carbonyl (C=O) groups excluding carboxylic acids is 4. The Morgan fingerprint density at radius 1 is 0.968 bits per heavy atom. The van der Waals surface area contributed by atoms with Crippen LogP contribution >= 0.6 is 0 Å². The van der Waals surface area contributed by atoms with Crippen LogP contribution in [0.25, 0.3) is 0 Å². The van der Waals surface area contributed by atoms with Crippen molar-refractivity contribution < 1.29 is 33.4 Å². The summed E-state index contributed by atoms with van der Waals surface area (Å²) < 4.78 is 14.6. The van der Waals surface area contributed by atoms with Gasteiger partial charge < -0.3 is 24.4 Å². The van der Waals surface area contributed by atoms with E-state index < -0.39 is 23.8 Å². The number of methoxy groups -OCH3 is 3. The molecule has 0 bridgehead atoms. The fraction of sp³-hybridized carbons (Fsp3) is 0.273. The molecule has 0 aromatic heterocycles. The highest BCUT2D eigenvalue weighted by Crippen LogP contribution is 2.28. The van der Waals surface area contributed by atoms with Gasteiger partial charge in [0.25, 0.3) is 0 Å². The Labute approximate surface area is 178 Å². The van der Waals surface area contributed by atoms with Crippen molar-refractivity contribution in [2.24, 2.45) is 5.92 Å². The number of amides is 2. The second-order valence-corrected chi connectivity index (χ2v) is 6.84. The summed E-state index contributed by atoms with van der Waals surface area (Å²) in [5, 5.41) is 2.65. The smallest absolute Gasteiger partial charge is 0.339 e. The molecular formula is C22H22N2O7. The van der Waals surface area contributed by atoms with E-state index in [1.807, 2.05) is 0 Å². The number of ether oxygens (including phenoxy) is 3. The molecule has 1 saturated heterocycles. The van der Waals surface area contributed by atoms with Crippen LogP contribution in [0.4, 0.5) is 11.4 Å². The summed E-state index contributed by atoms with van der Waals surface area (Å²) in [7, 11) is 3.99. The highest BCUT2D eigenvalue weighted by Gasteiger charge is 2.35. The number of esters is 2. The summed E-state index contributed by atoms with van der Waals surface area (Å²) in [5.41, 5.74) is 1.01. The number of nitrogens with one attached hydrogen (secondary N) is 1. The van der Waals surface area contributed by atoms with E-state index in [1.54, 1.807) is 31.4 Å². The third kappa shape index (κ3) is 4.66. The number of nitrogens with zero attached hydrogens (tertiary/aromatic N) is 1. The number of carbonyl (C=O) groups is 4. The van der Waals surface area contributed by atoms with Crippen LogP contribution < -0.4 is 15.0 Å². The first kappa shape index (κ1) is 21.8. The van der Waals surface area contributed by atoms with E-state index in [-0.39, 0.29) is 35.7 Å². The number of hydrogen-bond donors (Lipinski definition) is 1. The molecule has 1 aliphatic rings. The van der Waals surface area contributed by atoms with Gasteiger partial charge in [-0.1, -0.05) is 0 Å². The van der Waals surface area contributed by atoms with Crippen LogP contribution in [0.3, 0.4) is 0 Å². The Kier molecular flexibility index (Phi) is 6.54. The average molecular weight is 426 g/mol. The first-order valence-electron chi connectivity index (χ1n) is 9.44. The van der Waals surface area contributed by atoms with Crippen LogP contribution in [-0.2, 0) is 19.1 Å². The molecule has 2 aromatic carbocycles. The maximum Gasteiger partial charge on any atom is 0.339 e. The summed E-state index contributed by atoms with van der Waals surface area (Å²) >= 11 is 0. The zero-order valence-electron chi connectivity index (χ0n) is 17.3. The first-order chi connectivity index (χ1) is 14.9. The molecule has 162 valence electrons. The van der Waals surface area contributed by atoms with Crippen molar-refractivity contribution in [3.63, 3.8) is 0 Å². The molecule has 1 heterocycles. The summed E-state index contributed by atoms with van der Waals surface area (Å²) in [6, 6.07) is 11.1. The Hall–Kier alpha value is -3.88. The van der Waals surface area contributed by atoms with Gasteiger partial charge in [-0.2, -0.15) is 0 Å². The van der Waals surface area contributed by atoms with Crippen molar-refractivity contribution in [1.29, 1.82) is 0 Å². The molecular weight excluding hydrogens is 404 g/mol. The van der Waals surface area contributed by atoms with Crippen molar-refractivity contribution in [3.8, 4) is 5.75 Å². The van der Waals surface area contributed by atoms with Gasteiger partial charge in [0.1, 0.15) is 5.75 Å². The van der Waals surface area contributed by atoms with E-state index >= 15 is 0 Å². The highest BCUT2D eigenvalue weighted by atomic mass is 16.5. The van der Waals surface area contributed by atoms with E-state index in [0.717, 1.165) is 0 Å². The highest BCUT2D eigenvalue weighted by molar-refractivity contribution is 6.07. The van der Waals surface area contributed by atoms with E-state index in [0.29, 0.717) is 11.4 Å². The molecule has 9 heteroatoms. The molecule has 0 unspecified atom stereocenters. The van der Waals surface area contributed by atoms with Crippen molar-refractivity contribution in [2.45, 2.75) is 6.42 Å². The lowest BCUT2D eigenvalue weighted by molar-refractivity contribution is -0.122. The Morgan fingerprint density at radius 2 is 1.65 bits per heavy atom. The van der Waals surface area contributed by atoms with Gasteiger partial charge in [-0.05, 0) is 42.5 Å². The maximum absolute atomic E-state index is 12.9. The van der Waals surface area contributed by atoms with Gasteiger partial charge in [0.2, 0.25) is 11.8 Å². The minimum Gasteiger partial charge on any atom is -0.497 e. The topological polar surface area (TPSA) is 111 Å². The zero-order chi connectivity index (χ0) is 22.5. The summed E-state index contributed by atoms with van der Waals surface area (Å²) in [6.07, 6.45) is 0.0160. The van der Waals surface area contributed by atoms with Crippen LogP contribution in [0, 0.1) is 5.92 Å². The molecule has 2 amide bonds. The Balaban J connectivity index is 1.79. The molecule has 1 aliphatic heterocycles. The second kappa shape index (κ2) is 9.29. The minimum atomic E-state index is -0.672. The lowest BCUT2D eigenvalue weighted by Gasteiger charge is -2.17. The van der Waals surface area contributed by atoms with E-state index in [1.165, 1.54) is 37.3 Å². The number of benzene rings is 2. The molecule has 0 spiro atoms. The Morgan fingerprint density at radius 3 is 2.26 bits per heavy atom. The van der Waals surface area contributed by atoms with Crippen LogP contribution in [0.2, 0.25) is 0 Å². The van der Waals surface area contributed by atoms with Gasteiger partial charge >= 0.3 is 11.9 Å². The summed E-state index contributed by atoms with van der Waals surface area (Å²) in [4.78, 5) is 50.8. The van der Waals surface area contributed by atoms with Crippen LogP contribution in [-0.4, -0.2) is 51.6 Å². The fourth-order valence-corrected chi connectivity index (χ4v) is 3.31. The van der Waals surface area contributed by atoms with Gasteiger partial charge in [-0.25, -0.2) is 9.59 Å². The molecule has 3 rings (SSSR count). The summed E-state index contributed by atoms with van der Waals surface area (Å²) in [6.45, 7) is 0.182. The molecule has 2 aromatic rings. The largest absolute Gasteiger partial charge is 0.497 e. The molecule has 0 saturated carbocycles. The fourth-order valence-electron chi connectivity index (χ4n) is 3.31. The monoisotopic (exact) mass is 426 g/mol. The average Bonchev–Trinajstić information content (AvgIpc) is 3.19. The van der Waals surface area contributed by atoms with Crippen molar-refractivity contribution >= 4 is 35.1 Å². The second-order valence-electron chi connectivity index (χ2n) is 6.84. The van der Waals surface area contributed by atoms with Gasteiger partial charge in [0.05, 0.1) is 44.1 Å². The van der Waals surface area contributed by atoms with Crippen molar-refractivity contribution in [2.75, 3.05) is 38.1 Å². The number of hydrogen-bond acceptors (Lipinski definition) is 7. The first-order valence-corrected chi connectivity index (χ1v) is 9.44. The number of anilines is 2. The molecule has 0 radical (unpaired) electrons. The lowest BCUT2D eigenvalue weighted by atomic mass is 10.1. The van der Waals surface area contributed by atoms with Gasteiger partial charge in [-0.3, -0.25) is 9.59 Å². The third-order valence-corrected chi connectivity index (χ3v) is 4.98. The molecule has 1 fully saturated rings. The van der Waals surface area contributed by atoms with Crippen LogP contribution in [0.5, 0.6) is 5.75 Å². The molecule has 1 N–H and O–H groups in total. The van der Waals surface area contributed by atoms with Crippen LogP contribution in [0.15, 0.2) is 42.5 Å². The van der Waals surface area contributed by atoms with E-state index in [2.05, 4.69) is 10.1 Å². The molecule has 0 aliphatic carbocycles. The predicted molar refractivity (Wildman–Crippen MR) is 111 cm³/mol. The SMILES string of the molecule is COC(=O)c1ccc(C(=O)OC)c(NC(=O)[C@@H]2CC(=O)N(c3ccc(OC)cc3)C2)c1. The zero-order valence-corrected chi connectivity index (χ0v) is 17.3. The quantitative estimate of drug-likeness (QED) is 0.705. The lowest BCUT2D eigenvalue weighted by Crippen LogP contribution is -2.28. The van der Waals surface area contributed by atoms with E-state index in [4.69, 9.17) is 9.47 Å². The maximum atomic E-state index is 12.9.